The summed E-state index contributed by atoms with van der Waals surface area (Å²) in [7, 11) is 0. The Morgan fingerprint density at radius 1 is 0.884 bits per heavy atom. The third kappa shape index (κ3) is 4.55. The number of allylic oxidation sites excluding steroid dienone is 2. The molecule has 2 amide bonds. The van der Waals surface area contributed by atoms with E-state index < -0.39 is 12.6 Å². The third-order valence-corrected chi connectivity index (χ3v) is 9.28. The smallest absolute Gasteiger partial charge is 0.339 e. The minimum atomic E-state index is -0.673. The summed E-state index contributed by atoms with van der Waals surface area (Å²) >= 11 is 6.25. The molecule has 3 aromatic carbocycles. The average Bonchev–Trinajstić information content (AvgIpc) is 3.70. The molecule has 2 fully saturated rings. The van der Waals surface area contributed by atoms with Crippen LogP contribution in [0.2, 0.25) is 5.02 Å². The van der Waals surface area contributed by atoms with E-state index >= 15 is 0 Å². The highest BCUT2D eigenvalue weighted by molar-refractivity contribution is 6.31. The summed E-state index contributed by atoms with van der Waals surface area (Å²) < 4.78 is 5.48. The Morgan fingerprint density at radius 3 is 2.26 bits per heavy atom. The number of ketones is 1. The Bertz CT molecular complexity index is 1870. The third-order valence-electron chi connectivity index (χ3n) is 9.05. The zero-order valence-corrected chi connectivity index (χ0v) is 24.3. The van der Waals surface area contributed by atoms with Crippen LogP contribution in [0.5, 0.6) is 0 Å². The number of aryl methyl sites for hydroxylation is 2. The van der Waals surface area contributed by atoms with Crippen LogP contribution in [0.4, 0.5) is 5.69 Å². The van der Waals surface area contributed by atoms with Gasteiger partial charge >= 0.3 is 5.97 Å². The molecule has 7 nitrogen and oxygen atoms in total. The van der Waals surface area contributed by atoms with Gasteiger partial charge in [-0.15, -0.1) is 0 Å². The van der Waals surface area contributed by atoms with Crippen molar-refractivity contribution in [1.82, 2.24) is 4.98 Å². The molecule has 4 unspecified atom stereocenters. The maximum absolute atomic E-state index is 13.3. The summed E-state index contributed by atoms with van der Waals surface area (Å²) in [5.41, 5.74) is 4.97. The first-order chi connectivity index (χ1) is 20.7. The van der Waals surface area contributed by atoms with Crippen molar-refractivity contribution in [2.75, 3.05) is 11.5 Å². The van der Waals surface area contributed by atoms with E-state index in [-0.39, 0.29) is 46.8 Å². The van der Waals surface area contributed by atoms with E-state index in [9.17, 15) is 19.2 Å². The van der Waals surface area contributed by atoms with Crippen LogP contribution in [0.3, 0.4) is 0 Å². The van der Waals surface area contributed by atoms with E-state index in [1.54, 1.807) is 60.7 Å². The number of aromatic nitrogens is 1. The number of ether oxygens (including phenoxy) is 1. The number of halogens is 1. The zero-order chi connectivity index (χ0) is 30.0. The summed E-state index contributed by atoms with van der Waals surface area (Å²) in [5.74, 6) is -1.52. The molecule has 2 heterocycles. The predicted octanol–water partition coefficient (Wildman–Crippen LogP) is 6.52. The fourth-order valence-corrected chi connectivity index (χ4v) is 6.83. The summed E-state index contributed by atoms with van der Waals surface area (Å²) in [5, 5.41) is 0.930. The molecule has 0 radical (unpaired) electrons. The number of esters is 1. The Morgan fingerprint density at radius 2 is 1.58 bits per heavy atom. The molecule has 3 aliphatic rings. The van der Waals surface area contributed by atoms with Crippen molar-refractivity contribution in [1.29, 1.82) is 0 Å². The molecular formula is C35H27ClN2O5. The highest BCUT2D eigenvalue weighted by Crippen LogP contribution is 2.53. The van der Waals surface area contributed by atoms with E-state index in [0.717, 1.165) is 17.5 Å². The van der Waals surface area contributed by atoms with Crippen molar-refractivity contribution in [2.24, 2.45) is 23.7 Å². The molecule has 1 saturated heterocycles. The van der Waals surface area contributed by atoms with Gasteiger partial charge in [0, 0.05) is 21.5 Å². The van der Waals surface area contributed by atoms with Crippen LogP contribution in [0.1, 0.15) is 38.3 Å². The number of carbonyl (C=O) groups excluding carboxylic acids is 4. The molecule has 1 aliphatic heterocycles. The number of benzene rings is 3. The van der Waals surface area contributed by atoms with Crippen LogP contribution in [0.15, 0.2) is 78.9 Å². The van der Waals surface area contributed by atoms with Crippen LogP contribution in [0.25, 0.3) is 22.2 Å². The molecule has 4 aromatic rings. The predicted molar refractivity (Wildman–Crippen MR) is 163 cm³/mol. The summed E-state index contributed by atoms with van der Waals surface area (Å²) in [6, 6.07) is 19.0. The number of anilines is 1. The number of carbonyl (C=O) groups is 4. The first kappa shape index (κ1) is 27.2. The van der Waals surface area contributed by atoms with Gasteiger partial charge in [0.05, 0.1) is 34.3 Å². The second-order valence-corrected chi connectivity index (χ2v) is 12.0. The van der Waals surface area contributed by atoms with Crippen LogP contribution < -0.4 is 4.90 Å². The minimum Gasteiger partial charge on any atom is -0.454 e. The number of rotatable bonds is 6. The molecule has 7 rings (SSSR count). The first-order valence-corrected chi connectivity index (χ1v) is 14.6. The van der Waals surface area contributed by atoms with Gasteiger partial charge in [-0.3, -0.25) is 19.3 Å². The van der Waals surface area contributed by atoms with Gasteiger partial charge in [-0.05, 0) is 85.7 Å². The number of fused-ring (bicyclic) bond motifs is 6. The lowest BCUT2D eigenvalue weighted by Crippen LogP contribution is -2.32. The Hall–Kier alpha value is -4.62. The number of pyridine rings is 1. The molecule has 0 spiro atoms. The molecule has 2 aliphatic carbocycles. The number of hydrogen-bond donors (Lipinski definition) is 0. The summed E-state index contributed by atoms with van der Waals surface area (Å²) in [6.07, 6.45) is 5.03. The zero-order valence-electron chi connectivity index (χ0n) is 23.5. The van der Waals surface area contributed by atoms with Gasteiger partial charge < -0.3 is 4.74 Å². The fraction of sp³-hybridized carbons (Fsp3) is 0.229. The van der Waals surface area contributed by atoms with Crippen molar-refractivity contribution in [3.63, 3.8) is 0 Å². The van der Waals surface area contributed by atoms with E-state index in [1.807, 2.05) is 19.9 Å². The van der Waals surface area contributed by atoms with Gasteiger partial charge in [-0.2, -0.15) is 0 Å². The van der Waals surface area contributed by atoms with Crippen molar-refractivity contribution >= 4 is 51.8 Å². The van der Waals surface area contributed by atoms with Gasteiger partial charge in [0.1, 0.15) is 0 Å². The first-order valence-electron chi connectivity index (χ1n) is 14.2. The maximum Gasteiger partial charge on any atom is 0.339 e. The molecule has 8 heteroatoms. The normalized spacial score (nSPS) is 22.0. The average molecular weight is 591 g/mol. The molecule has 1 saturated carbocycles. The van der Waals surface area contributed by atoms with Crippen LogP contribution >= 0.6 is 11.6 Å². The van der Waals surface area contributed by atoms with Gasteiger partial charge in [0.25, 0.3) is 0 Å². The van der Waals surface area contributed by atoms with Crippen LogP contribution in [0, 0.1) is 37.5 Å². The van der Waals surface area contributed by atoms with Gasteiger partial charge in [0.2, 0.25) is 11.8 Å². The van der Waals surface area contributed by atoms with Crippen molar-refractivity contribution in [3.05, 3.63) is 106 Å². The minimum absolute atomic E-state index is 0.138. The number of nitrogens with zero attached hydrogens (tertiary/aromatic N) is 2. The van der Waals surface area contributed by atoms with E-state index in [0.29, 0.717) is 38.4 Å². The highest BCUT2D eigenvalue weighted by Gasteiger charge is 2.59. The number of imide groups is 1. The molecule has 1 aromatic heterocycles. The second kappa shape index (κ2) is 10.3. The lowest BCUT2D eigenvalue weighted by Gasteiger charge is -2.17. The SMILES string of the molecule is Cc1ccc(C(=O)COC(=O)c2cc(-c3ccc(N4C(=O)C5C6C=CC(C6)C5C4=O)cc3)nc3ccc(Cl)cc23)cc1C. The van der Waals surface area contributed by atoms with E-state index in [1.165, 1.54) is 4.90 Å². The van der Waals surface area contributed by atoms with Gasteiger partial charge in [-0.25, -0.2) is 9.78 Å². The lowest BCUT2D eigenvalue weighted by molar-refractivity contribution is -0.123. The van der Waals surface area contributed by atoms with Crippen LogP contribution in [-0.4, -0.2) is 35.2 Å². The monoisotopic (exact) mass is 590 g/mol. The highest BCUT2D eigenvalue weighted by atomic mass is 35.5. The number of amides is 2. The fourth-order valence-electron chi connectivity index (χ4n) is 6.66. The molecular weight excluding hydrogens is 564 g/mol. The standard InChI is InChI=1S/C35H27ClN2O5/c1-18-3-4-21(13-19(18)2)30(39)17-43-35(42)27-16-29(37-28-12-9-24(36)15-26(27)28)20-7-10-25(11-8-20)38-33(40)31-22-5-6-23(14-22)32(31)34(38)41/h3-13,15-16,22-23,31-32H,14,17H2,1-2H3. The largest absolute Gasteiger partial charge is 0.454 e. The summed E-state index contributed by atoms with van der Waals surface area (Å²) in [6.45, 7) is 3.48. The van der Waals surface area contributed by atoms with Gasteiger partial charge in [0.15, 0.2) is 12.4 Å². The molecule has 0 N–H and O–H groups in total. The molecule has 214 valence electrons. The molecule has 43 heavy (non-hydrogen) atoms. The molecule has 2 bridgehead atoms. The van der Waals surface area contributed by atoms with Crippen molar-refractivity contribution in [3.8, 4) is 11.3 Å². The second-order valence-electron chi connectivity index (χ2n) is 11.6. The molecule has 4 atom stereocenters. The summed E-state index contributed by atoms with van der Waals surface area (Å²) in [4.78, 5) is 58.6. The van der Waals surface area contributed by atoms with E-state index in [2.05, 4.69) is 12.2 Å². The van der Waals surface area contributed by atoms with E-state index in [4.69, 9.17) is 21.3 Å². The Kier molecular flexibility index (Phi) is 6.51. The number of hydrogen-bond acceptors (Lipinski definition) is 6. The lowest BCUT2D eigenvalue weighted by atomic mass is 9.85. The Balaban J connectivity index is 1.16. The van der Waals surface area contributed by atoms with Gasteiger partial charge in [-0.1, -0.05) is 48.0 Å². The Labute approximate surface area is 253 Å². The quantitative estimate of drug-likeness (QED) is 0.110. The number of Topliss-reactive ketones (excluding diaryl/α,β-unsaturated/α-hetero) is 1. The maximum atomic E-state index is 13.3. The topological polar surface area (TPSA) is 93.6 Å². The van der Waals surface area contributed by atoms with Crippen molar-refractivity contribution < 1.29 is 23.9 Å². The van der Waals surface area contributed by atoms with Crippen LogP contribution in [-0.2, 0) is 14.3 Å². The van der Waals surface area contributed by atoms with Crippen molar-refractivity contribution in [2.45, 2.75) is 20.3 Å².